The second kappa shape index (κ2) is 4.61. The Labute approximate surface area is 78.3 Å². The zero-order valence-electron chi connectivity index (χ0n) is 7.26. The second-order valence-electron chi connectivity index (χ2n) is 2.85. The maximum atomic E-state index is 11.6. The van der Waals surface area contributed by atoms with Crippen molar-refractivity contribution in [1.29, 1.82) is 0 Å². The maximum absolute atomic E-state index is 11.6. The van der Waals surface area contributed by atoms with Crippen molar-refractivity contribution in [3.05, 3.63) is 0 Å². The normalized spacial score (nSPS) is 16.8. The minimum Gasteiger partial charge on any atom is -0.377 e. The van der Waals surface area contributed by atoms with Crippen LogP contribution in [0.15, 0.2) is 0 Å². The molecule has 4 nitrogen and oxygen atoms in total. The zero-order valence-corrected chi connectivity index (χ0v) is 7.26. The van der Waals surface area contributed by atoms with E-state index in [1.165, 1.54) is 0 Å². The third-order valence-electron chi connectivity index (χ3n) is 1.48. The highest BCUT2D eigenvalue weighted by atomic mass is 19.4. The highest BCUT2D eigenvalue weighted by Gasteiger charge is 2.41. The summed E-state index contributed by atoms with van der Waals surface area (Å²) < 4.78 is 39.7. The first-order valence-corrected chi connectivity index (χ1v) is 4.12. The van der Waals surface area contributed by atoms with Crippen LogP contribution < -0.4 is 5.48 Å². The summed E-state index contributed by atoms with van der Waals surface area (Å²) in [6.45, 7) is 0.286. The van der Waals surface area contributed by atoms with E-state index < -0.39 is 12.1 Å². The van der Waals surface area contributed by atoms with Gasteiger partial charge in [-0.1, -0.05) is 0 Å². The van der Waals surface area contributed by atoms with Crippen LogP contribution in [0.4, 0.5) is 13.2 Å². The summed E-state index contributed by atoms with van der Waals surface area (Å²) in [7, 11) is 0. The summed E-state index contributed by atoms with van der Waals surface area (Å²) in [6.07, 6.45) is -2.75. The van der Waals surface area contributed by atoms with E-state index in [-0.39, 0.29) is 19.3 Å². The summed E-state index contributed by atoms with van der Waals surface area (Å²) in [4.78, 5) is 13.8. The molecule has 14 heavy (non-hydrogen) atoms. The lowest BCUT2D eigenvalue weighted by atomic mass is 10.7. The Morgan fingerprint density at radius 2 is 2.07 bits per heavy atom. The van der Waals surface area contributed by atoms with Crippen molar-refractivity contribution in [3.63, 3.8) is 0 Å². The first-order chi connectivity index (χ1) is 6.50. The fourth-order valence-corrected chi connectivity index (χ4v) is 0.676. The van der Waals surface area contributed by atoms with Crippen molar-refractivity contribution >= 4 is 5.97 Å². The van der Waals surface area contributed by atoms with Crippen LogP contribution >= 0.6 is 0 Å². The Morgan fingerprint density at radius 3 is 2.57 bits per heavy atom. The smallest absolute Gasteiger partial charge is 0.377 e. The Morgan fingerprint density at radius 1 is 1.43 bits per heavy atom. The largest absolute Gasteiger partial charge is 0.492 e. The average molecular weight is 213 g/mol. The van der Waals surface area contributed by atoms with Crippen LogP contribution in [0.1, 0.15) is 12.8 Å². The lowest BCUT2D eigenvalue weighted by Gasteiger charge is -2.07. The summed E-state index contributed by atoms with van der Waals surface area (Å²) in [5, 5.41) is 0. The van der Waals surface area contributed by atoms with Crippen LogP contribution in [0.5, 0.6) is 0 Å². The molecule has 1 aliphatic rings. The van der Waals surface area contributed by atoms with Crippen molar-refractivity contribution < 1.29 is 27.5 Å². The Balaban J connectivity index is 1.94. The number of hydrogen-bond donors (Lipinski definition) is 1. The number of hydrogen-bond acceptors (Lipinski definition) is 4. The molecule has 1 aliphatic carbocycles. The molecule has 1 rings (SSSR count). The maximum Gasteiger partial charge on any atom is 0.492 e. The molecule has 0 aromatic heterocycles. The fraction of sp³-hybridized carbons (Fsp3) is 0.857. The molecule has 0 aromatic rings. The molecule has 0 atom stereocenters. The quantitative estimate of drug-likeness (QED) is 0.541. The predicted octanol–water partition coefficient (Wildman–Crippen LogP) is 0.775. The van der Waals surface area contributed by atoms with E-state index in [0.29, 0.717) is 0 Å². The van der Waals surface area contributed by atoms with Crippen molar-refractivity contribution in [2.75, 3.05) is 13.2 Å². The summed E-state index contributed by atoms with van der Waals surface area (Å²) in [5.74, 6) is -2.25. The molecule has 0 bridgehead atoms. The molecular weight excluding hydrogens is 203 g/mol. The van der Waals surface area contributed by atoms with Gasteiger partial charge in [0.05, 0.1) is 19.3 Å². The van der Waals surface area contributed by atoms with Crippen LogP contribution in [-0.2, 0) is 14.4 Å². The highest BCUT2D eigenvalue weighted by Crippen LogP contribution is 2.22. The molecule has 1 saturated carbocycles. The van der Waals surface area contributed by atoms with Gasteiger partial charge in [0, 0.05) is 0 Å². The molecular formula is C7H10F3NO3. The number of rotatable bonds is 5. The SMILES string of the molecule is O=C(ONCCOC1CC1)C(F)(F)F. The van der Waals surface area contributed by atoms with Crippen molar-refractivity contribution in [1.82, 2.24) is 5.48 Å². The molecule has 0 heterocycles. The van der Waals surface area contributed by atoms with Gasteiger partial charge in [0.15, 0.2) is 0 Å². The standard InChI is InChI=1S/C7H10F3NO3/c8-7(9,10)6(12)14-11-3-4-13-5-1-2-5/h5,11H,1-4H2. The molecule has 1 N–H and O–H groups in total. The molecule has 7 heteroatoms. The summed E-state index contributed by atoms with van der Waals surface area (Å²) in [5.41, 5.74) is 1.88. The lowest BCUT2D eigenvalue weighted by molar-refractivity contribution is -0.207. The van der Waals surface area contributed by atoms with Crippen LogP contribution in [0.2, 0.25) is 0 Å². The molecule has 0 aliphatic heterocycles. The van der Waals surface area contributed by atoms with E-state index in [2.05, 4.69) is 4.84 Å². The van der Waals surface area contributed by atoms with E-state index in [4.69, 9.17) is 4.74 Å². The number of nitrogens with one attached hydrogen (secondary N) is 1. The van der Waals surface area contributed by atoms with E-state index in [1.54, 1.807) is 0 Å². The zero-order chi connectivity index (χ0) is 10.6. The third-order valence-corrected chi connectivity index (χ3v) is 1.48. The number of carbonyl (C=O) groups excluding carboxylic acids is 1. The second-order valence-corrected chi connectivity index (χ2v) is 2.85. The number of halogens is 3. The van der Waals surface area contributed by atoms with Crippen LogP contribution in [-0.4, -0.2) is 31.4 Å². The monoisotopic (exact) mass is 213 g/mol. The van der Waals surface area contributed by atoms with Gasteiger partial charge in [-0.3, -0.25) is 0 Å². The molecule has 0 amide bonds. The minimum absolute atomic E-state index is 0.0539. The minimum atomic E-state index is -4.95. The summed E-state index contributed by atoms with van der Waals surface area (Å²) >= 11 is 0. The molecule has 0 spiro atoms. The number of carbonyl (C=O) groups is 1. The third kappa shape index (κ3) is 4.43. The van der Waals surface area contributed by atoms with Gasteiger partial charge in [-0.05, 0) is 12.8 Å². The molecule has 0 saturated heterocycles. The highest BCUT2D eigenvalue weighted by molar-refractivity contribution is 5.75. The van der Waals surface area contributed by atoms with Crippen LogP contribution in [0.25, 0.3) is 0 Å². The number of ether oxygens (including phenoxy) is 1. The van der Waals surface area contributed by atoms with Crippen molar-refractivity contribution in [3.8, 4) is 0 Å². The molecule has 82 valence electrons. The van der Waals surface area contributed by atoms with Gasteiger partial charge in [0.1, 0.15) is 0 Å². The first kappa shape index (κ1) is 11.3. The molecule has 0 aromatic carbocycles. The van der Waals surface area contributed by atoms with Gasteiger partial charge < -0.3 is 9.57 Å². The van der Waals surface area contributed by atoms with Crippen LogP contribution in [0.3, 0.4) is 0 Å². The van der Waals surface area contributed by atoms with Gasteiger partial charge in [0.25, 0.3) is 0 Å². The van der Waals surface area contributed by atoms with Crippen molar-refractivity contribution in [2.45, 2.75) is 25.1 Å². The van der Waals surface area contributed by atoms with Gasteiger partial charge in [-0.25, -0.2) is 4.79 Å². The lowest BCUT2D eigenvalue weighted by Crippen LogP contribution is -2.32. The Bertz CT molecular complexity index is 203. The summed E-state index contributed by atoms with van der Waals surface area (Å²) in [6, 6.07) is 0. The van der Waals surface area contributed by atoms with Gasteiger partial charge >= 0.3 is 12.1 Å². The average Bonchev–Trinajstić information content (AvgIpc) is 2.85. The Hall–Kier alpha value is -0.820. The van der Waals surface area contributed by atoms with E-state index >= 15 is 0 Å². The first-order valence-electron chi connectivity index (χ1n) is 4.12. The van der Waals surface area contributed by atoms with Gasteiger partial charge in [0.2, 0.25) is 0 Å². The van der Waals surface area contributed by atoms with Gasteiger partial charge in [-0.2, -0.15) is 18.7 Å². The van der Waals surface area contributed by atoms with E-state index in [0.717, 1.165) is 12.8 Å². The number of alkyl halides is 3. The fourth-order valence-electron chi connectivity index (χ4n) is 0.676. The predicted molar refractivity (Wildman–Crippen MR) is 39.1 cm³/mol. The Kier molecular flexibility index (Phi) is 3.70. The van der Waals surface area contributed by atoms with E-state index in [1.807, 2.05) is 5.48 Å². The van der Waals surface area contributed by atoms with Gasteiger partial charge in [-0.15, -0.1) is 0 Å². The number of hydroxylamine groups is 1. The van der Waals surface area contributed by atoms with Crippen LogP contribution in [0, 0.1) is 0 Å². The topological polar surface area (TPSA) is 47.6 Å². The van der Waals surface area contributed by atoms with E-state index in [9.17, 15) is 18.0 Å². The molecule has 1 fully saturated rings. The molecule has 0 radical (unpaired) electrons. The van der Waals surface area contributed by atoms with Crippen molar-refractivity contribution in [2.24, 2.45) is 0 Å². The molecule has 0 unspecified atom stereocenters.